The summed E-state index contributed by atoms with van der Waals surface area (Å²) in [5.41, 5.74) is 1.36. The van der Waals surface area contributed by atoms with Crippen molar-refractivity contribution in [2.75, 3.05) is 13.1 Å². The maximum atomic E-state index is 10.8. The third-order valence-electron chi connectivity index (χ3n) is 4.57. The normalized spacial score (nSPS) is 25.2. The smallest absolute Gasteiger partial charge is 0.303 e. The monoisotopic (exact) mass is 263 g/mol. The fourth-order valence-corrected chi connectivity index (χ4v) is 3.56. The van der Waals surface area contributed by atoms with Crippen LogP contribution >= 0.6 is 0 Å². The van der Waals surface area contributed by atoms with Crippen molar-refractivity contribution in [3.05, 3.63) is 23.7 Å². The summed E-state index contributed by atoms with van der Waals surface area (Å²) in [4.78, 5) is 13.3. The molecule has 19 heavy (non-hydrogen) atoms. The number of piperidine rings is 1. The molecule has 4 nitrogen and oxygen atoms in total. The molecule has 0 saturated carbocycles. The first kappa shape index (κ1) is 12.7. The Balaban J connectivity index is 1.62. The summed E-state index contributed by atoms with van der Waals surface area (Å²) < 4.78 is 5.55. The second kappa shape index (κ2) is 5.37. The molecule has 0 aromatic carbocycles. The molecule has 104 valence electrons. The Morgan fingerprint density at radius 2 is 2.16 bits per heavy atom. The largest absolute Gasteiger partial charge is 0.481 e. The van der Waals surface area contributed by atoms with Crippen LogP contribution in [0.15, 0.2) is 16.7 Å². The lowest BCUT2D eigenvalue weighted by Gasteiger charge is -2.38. The van der Waals surface area contributed by atoms with Crippen LogP contribution in [0.2, 0.25) is 0 Å². The van der Waals surface area contributed by atoms with E-state index in [0.717, 1.165) is 38.1 Å². The number of rotatable bonds is 3. The Morgan fingerprint density at radius 3 is 2.89 bits per heavy atom. The van der Waals surface area contributed by atoms with Crippen LogP contribution in [0.1, 0.15) is 49.5 Å². The Kier molecular flexibility index (Phi) is 3.60. The predicted molar refractivity (Wildman–Crippen MR) is 70.9 cm³/mol. The van der Waals surface area contributed by atoms with Gasteiger partial charge in [0.1, 0.15) is 5.76 Å². The van der Waals surface area contributed by atoms with Gasteiger partial charge in [-0.25, -0.2) is 0 Å². The molecule has 0 bridgehead atoms. The number of carboxylic acids is 1. The maximum Gasteiger partial charge on any atom is 0.303 e. The van der Waals surface area contributed by atoms with Gasteiger partial charge in [-0.1, -0.05) is 0 Å². The second-order valence-corrected chi connectivity index (χ2v) is 5.78. The molecule has 1 N–H and O–H groups in total. The standard InChI is InChI=1S/C15H21NO3/c17-15(18)10-11-4-7-16(8-5-11)13-2-1-3-14-12(13)6-9-19-14/h6,9,11,13H,1-5,7-8,10H2,(H,17,18). The number of furan rings is 1. The van der Waals surface area contributed by atoms with Gasteiger partial charge in [-0.3, -0.25) is 9.69 Å². The quantitative estimate of drug-likeness (QED) is 0.911. The van der Waals surface area contributed by atoms with Crippen LogP contribution < -0.4 is 0 Å². The molecule has 1 aromatic rings. The van der Waals surface area contributed by atoms with E-state index in [0.29, 0.717) is 18.4 Å². The molecular formula is C15H21NO3. The van der Waals surface area contributed by atoms with Crippen LogP contribution in [-0.4, -0.2) is 29.1 Å². The SMILES string of the molecule is O=C(O)CC1CCN(C2CCCc3occc32)CC1. The van der Waals surface area contributed by atoms with Gasteiger partial charge in [0.15, 0.2) is 0 Å². The van der Waals surface area contributed by atoms with Crippen molar-refractivity contribution in [2.24, 2.45) is 5.92 Å². The van der Waals surface area contributed by atoms with Gasteiger partial charge in [-0.15, -0.1) is 0 Å². The molecule has 1 fully saturated rings. The fraction of sp³-hybridized carbons (Fsp3) is 0.667. The lowest BCUT2D eigenvalue weighted by molar-refractivity contribution is -0.138. The lowest BCUT2D eigenvalue weighted by atomic mass is 9.88. The maximum absolute atomic E-state index is 10.8. The summed E-state index contributed by atoms with van der Waals surface area (Å²) in [6.07, 6.45) is 7.62. The first-order chi connectivity index (χ1) is 9.24. The molecule has 0 radical (unpaired) electrons. The second-order valence-electron chi connectivity index (χ2n) is 5.78. The molecule has 1 saturated heterocycles. The summed E-state index contributed by atoms with van der Waals surface area (Å²) in [7, 11) is 0. The summed E-state index contributed by atoms with van der Waals surface area (Å²) in [5, 5.41) is 8.86. The highest BCUT2D eigenvalue weighted by atomic mass is 16.4. The first-order valence-corrected chi connectivity index (χ1v) is 7.26. The number of aryl methyl sites for hydroxylation is 1. The molecule has 1 aliphatic carbocycles. The summed E-state index contributed by atoms with van der Waals surface area (Å²) >= 11 is 0. The van der Waals surface area contributed by atoms with Crippen molar-refractivity contribution >= 4 is 5.97 Å². The first-order valence-electron chi connectivity index (χ1n) is 7.26. The van der Waals surface area contributed by atoms with E-state index >= 15 is 0 Å². The number of carboxylic acid groups (broad SMARTS) is 1. The van der Waals surface area contributed by atoms with E-state index in [-0.39, 0.29) is 0 Å². The summed E-state index contributed by atoms with van der Waals surface area (Å²) in [6, 6.07) is 2.61. The van der Waals surface area contributed by atoms with E-state index in [1.165, 1.54) is 18.4 Å². The molecule has 2 aliphatic rings. The van der Waals surface area contributed by atoms with Gasteiger partial charge in [-0.2, -0.15) is 0 Å². The van der Waals surface area contributed by atoms with E-state index < -0.39 is 5.97 Å². The van der Waals surface area contributed by atoms with Crippen LogP contribution in [0, 0.1) is 5.92 Å². The number of fused-ring (bicyclic) bond motifs is 1. The van der Waals surface area contributed by atoms with Crippen molar-refractivity contribution in [1.82, 2.24) is 4.90 Å². The topological polar surface area (TPSA) is 53.7 Å². The molecule has 4 heteroatoms. The predicted octanol–water partition coefficient (Wildman–Crippen LogP) is 2.84. The Hall–Kier alpha value is -1.29. The van der Waals surface area contributed by atoms with Gasteiger partial charge in [0.2, 0.25) is 0 Å². The van der Waals surface area contributed by atoms with Crippen LogP contribution in [0.3, 0.4) is 0 Å². The third kappa shape index (κ3) is 2.68. The molecule has 1 unspecified atom stereocenters. The van der Waals surface area contributed by atoms with E-state index in [9.17, 15) is 4.79 Å². The van der Waals surface area contributed by atoms with E-state index in [2.05, 4.69) is 11.0 Å². The lowest BCUT2D eigenvalue weighted by Crippen LogP contribution is -2.38. The number of hydrogen-bond donors (Lipinski definition) is 1. The van der Waals surface area contributed by atoms with Gasteiger partial charge < -0.3 is 9.52 Å². The molecule has 3 rings (SSSR count). The highest BCUT2D eigenvalue weighted by Gasteiger charge is 2.31. The Bertz CT molecular complexity index is 446. The molecule has 1 atom stereocenters. The molecule has 1 aliphatic heterocycles. The zero-order chi connectivity index (χ0) is 13.2. The summed E-state index contributed by atoms with van der Waals surface area (Å²) in [5.74, 6) is 0.860. The van der Waals surface area contributed by atoms with Gasteiger partial charge in [-0.05, 0) is 50.8 Å². The minimum absolute atomic E-state index is 0.329. The minimum Gasteiger partial charge on any atom is -0.481 e. The van der Waals surface area contributed by atoms with Crippen LogP contribution in [-0.2, 0) is 11.2 Å². The number of hydrogen-bond acceptors (Lipinski definition) is 3. The average molecular weight is 263 g/mol. The third-order valence-corrected chi connectivity index (χ3v) is 4.57. The fourth-order valence-electron chi connectivity index (χ4n) is 3.56. The van der Waals surface area contributed by atoms with Crippen LogP contribution in [0.4, 0.5) is 0 Å². The zero-order valence-electron chi connectivity index (χ0n) is 11.2. The van der Waals surface area contributed by atoms with Crippen molar-refractivity contribution in [1.29, 1.82) is 0 Å². The van der Waals surface area contributed by atoms with Gasteiger partial charge in [0.25, 0.3) is 0 Å². The van der Waals surface area contributed by atoms with E-state index in [1.807, 2.05) is 0 Å². The van der Waals surface area contributed by atoms with Crippen molar-refractivity contribution in [3.8, 4) is 0 Å². The van der Waals surface area contributed by atoms with Crippen molar-refractivity contribution < 1.29 is 14.3 Å². The highest BCUT2D eigenvalue weighted by Crippen LogP contribution is 2.37. The molecule has 0 amide bonds. The van der Waals surface area contributed by atoms with Crippen LogP contribution in [0.5, 0.6) is 0 Å². The van der Waals surface area contributed by atoms with Gasteiger partial charge >= 0.3 is 5.97 Å². The molecular weight excluding hydrogens is 242 g/mol. The van der Waals surface area contributed by atoms with Crippen molar-refractivity contribution in [2.45, 2.75) is 44.6 Å². The molecule has 1 aromatic heterocycles. The Labute approximate surface area is 113 Å². The minimum atomic E-state index is -0.659. The van der Waals surface area contributed by atoms with Crippen LogP contribution in [0.25, 0.3) is 0 Å². The molecule has 2 heterocycles. The van der Waals surface area contributed by atoms with E-state index in [4.69, 9.17) is 9.52 Å². The van der Waals surface area contributed by atoms with E-state index in [1.54, 1.807) is 6.26 Å². The summed E-state index contributed by atoms with van der Waals surface area (Å²) in [6.45, 7) is 2.04. The number of carbonyl (C=O) groups is 1. The zero-order valence-corrected chi connectivity index (χ0v) is 11.2. The number of likely N-dealkylation sites (tertiary alicyclic amines) is 1. The highest BCUT2D eigenvalue weighted by molar-refractivity contribution is 5.67. The number of aliphatic carboxylic acids is 1. The van der Waals surface area contributed by atoms with Gasteiger partial charge in [0.05, 0.1) is 6.26 Å². The average Bonchev–Trinajstić information content (AvgIpc) is 2.87. The Morgan fingerprint density at radius 1 is 1.37 bits per heavy atom. The molecule has 0 spiro atoms. The van der Waals surface area contributed by atoms with Crippen molar-refractivity contribution in [3.63, 3.8) is 0 Å². The van der Waals surface area contributed by atoms with Gasteiger partial charge in [0, 0.05) is 24.4 Å². The number of nitrogens with zero attached hydrogens (tertiary/aromatic N) is 1.